The summed E-state index contributed by atoms with van der Waals surface area (Å²) in [6.07, 6.45) is 8.25. The standard InChI is InChI=1S/C18H25NO/c1-15(17(20)16-7-3-2-4-8-16)19-13-11-18(12-14-19)9-5-6-10-18/h2-4,7-8,15H,5-6,9-14H2,1H3. The highest BCUT2D eigenvalue weighted by atomic mass is 16.1. The third-order valence-corrected chi connectivity index (χ3v) is 5.51. The van der Waals surface area contributed by atoms with Gasteiger partial charge < -0.3 is 0 Å². The van der Waals surface area contributed by atoms with Crippen molar-refractivity contribution in [1.29, 1.82) is 0 Å². The summed E-state index contributed by atoms with van der Waals surface area (Å²) in [4.78, 5) is 14.9. The first-order valence-electron chi connectivity index (χ1n) is 8.04. The quantitative estimate of drug-likeness (QED) is 0.777. The molecule has 2 fully saturated rings. The highest BCUT2D eigenvalue weighted by Crippen LogP contribution is 2.46. The zero-order chi connectivity index (χ0) is 14.0. The molecule has 1 atom stereocenters. The molecule has 1 aliphatic heterocycles. The van der Waals surface area contributed by atoms with E-state index in [4.69, 9.17) is 0 Å². The van der Waals surface area contributed by atoms with Crippen molar-refractivity contribution in [3.63, 3.8) is 0 Å². The molecular weight excluding hydrogens is 246 g/mol. The van der Waals surface area contributed by atoms with Crippen LogP contribution in [0.5, 0.6) is 0 Å². The van der Waals surface area contributed by atoms with Crippen LogP contribution < -0.4 is 0 Å². The molecule has 2 nitrogen and oxygen atoms in total. The van der Waals surface area contributed by atoms with Crippen LogP contribution in [0.15, 0.2) is 30.3 Å². The van der Waals surface area contributed by atoms with Gasteiger partial charge in [-0.2, -0.15) is 0 Å². The third-order valence-electron chi connectivity index (χ3n) is 5.51. The van der Waals surface area contributed by atoms with E-state index >= 15 is 0 Å². The zero-order valence-electron chi connectivity index (χ0n) is 12.5. The van der Waals surface area contributed by atoms with Crippen LogP contribution in [0.1, 0.15) is 55.8 Å². The predicted octanol–water partition coefficient (Wildman–Crippen LogP) is 3.91. The minimum absolute atomic E-state index is 0.0242. The number of ketones is 1. The first kappa shape index (κ1) is 13.8. The molecule has 2 heteroatoms. The first-order chi connectivity index (χ1) is 9.70. The van der Waals surface area contributed by atoms with Crippen LogP contribution in [0.4, 0.5) is 0 Å². The van der Waals surface area contributed by atoms with Gasteiger partial charge in [0.25, 0.3) is 0 Å². The first-order valence-corrected chi connectivity index (χ1v) is 8.04. The van der Waals surface area contributed by atoms with E-state index in [0.717, 1.165) is 18.7 Å². The fourth-order valence-corrected chi connectivity index (χ4v) is 4.02. The minimum atomic E-state index is 0.0242. The molecular formula is C18H25NO. The second-order valence-corrected chi connectivity index (χ2v) is 6.65. The summed E-state index contributed by atoms with van der Waals surface area (Å²) < 4.78 is 0. The Balaban J connectivity index is 1.61. The molecule has 1 aliphatic carbocycles. The van der Waals surface area contributed by atoms with Crippen LogP contribution in [0.3, 0.4) is 0 Å². The van der Waals surface area contributed by atoms with Crippen LogP contribution in [-0.4, -0.2) is 29.8 Å². The Bertz CT molecular complexity index is 452. The van der Waals surface area contributed by atoms with Crippen LogP contribution in [0.2, 0.25) is 0 Å². The van der Waals surface area contributed by atoms with Crippen molar-refractivity contribution >= 4 is 5.78 Å². The maximum absolute atomic E-state index is 12.5. The van der Waals surface area contributed by atoms with Gasteiger partial charge in [0.15, 0.2) is 5.78 Å². The second kappa shape index (κ2) is 5.69. The lowest BCUT2D eigenvalue weighted by atomic mass is 9.76. The van der Waals surface area contributed by atoms with Crippen molar-refractivity contribution < 1.29 is 4.79 Å². The molecule has 20 heavy (non-hydrogen) atoms. The molecule has 0 N–H and O–H groups in total. The molecule has 1 aromatic rings. The van der Waals surface area contributed by atoms with Gasteiger partial charge in [0.2, 0.25) is 0 Å². The van der Waals surface area contributed by atoms with Gasteiger partial charge in [-0.15, -0.1) is 0 Å². The van der Waals surface area contributed by atoms with E-state index in [2.05, 4.69) is 11.8 Å². The highest BCUT2D eigenvalue weighted by Gasteiger charge is 2.38. The largest absolute Gasteiger partial charge is 0.293 e. The summed E-state index contributed by atoms with van der Waals surface area (Å²) in [6.45, 7) is 4.27. The maximum atomic E-state index is 12.5. The number of hydrogen-bond acceptors (Lipinski definition) is 2. The molecule has 0 aromatic heterocycles. The summed E-state index contributed by atoms with van der Waals surface area (Å²) in [6, 6.07) is 9.75. The number of nitrogens with zero attached hydrogens (tertiary/aromatic N) is 1. The topological polar surface area (TPSA) is 20.3 Å². The monoisotopic (exact) mass is 271 g/mol. The molecule has 0 bridgehead atoms. The van der Waals surface area contributed by atoms with Crippen molar-refractivity contribution in [2.45, 2.75) is 51.5 Å². The van der Waals surface area contributed by atoms with Gasteiger partial charge in [0, 0.05) is 5.56 Å². The molecule has 0 amide bonds. The Morgan fingerprint density at radius 1 is 1.05 bits per heavy atom. The summed E-state index contributed by atoms with van der Waals surface area (Å²) in [5.74, 6) is 0.271. The number of Topliss-reactive ketones (excluding diaryl/α,β-unsaturated/α-hetero) is 1. The summed E-state index contributed by atoms with van der Waals surface area (Å²) >= 11 is 0. The molecule has 1 spiro atoms. The third kappa shape index (κ3) is 2.67. The fraction of sp³-hybridized carbons (Fsp3) is 0.611. The van der Waals surface area contributed by atoms with E-state index in [9.17, 15) is 4.79 Å². The van der Waals surface area contributed by atoms with Gasteiger partial charge in [-0.25, -0.2) is 0 Å². The molecule has 1 unspecified atom stereocenters. The van der Waals surface area contributed by atoms with Crippen LogP contribution in [-0.2, 0) is 0 Å². The lowest BCUT2D eigenvalue weighted by Crippen LogP contribution is -2.46. The smallest absolute Gasteiger partial charge is 0.179 e. The van der Waals surface area contributed by atoms with Crippen molar-refractivity contribution in [1.82, 2.24) is 4.90 Å². The molecule has 1 saturated carbocycles. The number of rotatable bonds is 3. The SMILES string of the molecule is CC(C(=O)c1ccccc1)N1CCC2(CCCC2)CC1. The van der Waals surface area contributed by atoms with Crippen molar-refractivity contribution in [3.05, 3.63) is 35.9 Å². The fourth-order valence-electron chi connectivity index (χ4n) is 4.02. The Morgan fingerprint density at radius 3 is 2.25 bits per heavy atom. The molecule has 1 heterocycles. The van der Waals surface area contributed by atoms with Crippen molar-refractivity contribution in [2.75, 3.05) is 13.1 Å². The summed E-state index contributed by atoms with van der Waals surface area (Å²) in [7, 11) is 0. The average molecular weight is 271 g/mol. The highest BCUT2D eigenvalue weighted by molar-refractivity contribution is 5.99. The maximum Gasteiger partial charge on any atom is 0.179 e. The zero-order valence-corrected chi connectivity index (χ0v) is 12.5. The Kier molecular flexibility index (Phi) is 3.93. The summed E-state index contributed by atoms with van der Waals surface area (Å²) in [5.41, 5.74) is 1.48. The predicted molar refractivity (Wildman–Crippen MR) is 81.9 cm³/mol. The second-order valence-electron chi connectivity index (χ2n) is 6.65. The number of benzene rings is 1. The van der Waals surface area contributed by atoms with Gasteiger partial charge in [-0.1, -0.05) is 43.2 Å². The molecule has 1 saturated heterocycles. The molecule has 2 aliphatic rings. The molecule has 1 aromatic carbocycles. The minimum Gasteiger partial charge on any atom is -0.293 e. The Hall–Kier alpha value is -1.15. The number of carbonyl (C=O) groups excluding carboxylic acids is 1. The number of likely N-dealkylation sites (tertiary alicyclic amines) is 1. The van der Waals surface area contributed by atoms with E-state index < -0.39 is 0 Å². The Morgan fingerprint density at radius 2 is 1.65 bits per heavy atom. The van der Waals surface area contributed by atoms with Gasteiger partial charge in [-0.05, 0) is 51.1 Å². The number of carbonyl (C=O) groups is 1. The van der Waals surface area contributed by atoms with Crippen LogP contribution in [0, 0.1) is 5.41 Å². The average Bonchev–Trinajstić information content (AvgIpc) is 2.96. The Labute approximate surface area is 122 Å². The van der Waals surface area contributed by atoms with Gasteiger partial charge in [0.05, 0.1) is 6.04 Å². The van der Waals surface area contributed by atoms with Gasteiger partial charge in [0.1, 0.15) is 0 Å². The summed E-state index contributed by atoms with van der Waals surface area (Å²) in [5, 5.41) is 0. The lowest BCUT2D eigenvalue weighted by molar-refractivity contribution is 0.0621. The normalized spacial score (nSPS) is 23.9. The molecule has 3 rings (SSSR count). The van der Waals surface area contributed by atoms with E-state index in [-0.39, 0.29) is 11.8 Å². The van der Waals surface area contributed by atoms with Crippen molar-refractivity contribution in [2.24, 2.45) is 5.41 Å². The van der Waals surface area contributed by atoms with E-state index in [1.807, 2.05) is 30.3 Å². The van der Waals surface area contributed by atoms with Crippen LogP contribution in [0.25, 0.3) is 0 Å². The van der Waals surface area contributed by atoms with Gasteiger partial charge in [-0.3, -0.25) is 9.69 Å². The van der Waals surface area contributed by atoms with E-state index in [1.54, 1.807) is 0 Å². The van der Waals surface area contributed by atoms with E-state index in [0.29, 0.717) is 5.41 Å². The number of piperidine rings is 1. The van der Waals surface area contributed by atoms with Gasteiger partial charge >= 0.3 is 0 Å². The van der Waals surface area contributed by atoms with Crippen molar-refractivity contribution in [3.8, 4) is 0 Å². The van der Waals surface area contributed by atoms with E-state index in [1.165, 1.54) is 38.5 Å². The molecule has 0 radical (unpaired) electrons. The number of hydrogen-bond donors (Lipinski definition) is 0. The molecule has 108 valence electrons. The lowest BCUT2D eigenvalue weighted by Gasteiger charge is -2.41. The van der Waals surface area contributed by atoms with Crippen LogP contribution >= 0.6 is 0 Å².